The predicted octanol–water partition coefficient (Wildman–Crippen LogP) is 5.12. The van der Waals surface area contributed by atoms with Crippen molar-refractivity contribution in [2.24, 2.45) is 0 Å². The molecule has 35 heavy (non-hydrogen) atoms. The second kappa shape index (κ2) is 9.95. The van der Waals surface area contributed by atoms with Gasteiger partial charge >= 0.3 is 6.18 Å². The molecule has 4 rings (SSSR count). The Labute approximate surface area is 204 Å². The van der Waals surface area contributed by atoms with Gasteiger partial charge in [-0.15, -0.1) is 0 Å². The third kappa shape index (κ3) is 6.10. The fourth-order valence-corrected chi connectivity index (χ4v) is 3.72. The summed E-state index contributed by atoms with van der Waals surface area (Å²) in [5.74, 6) is 0.819. The summed E-state index contributed by atoms with van der Waals surface area (Å²) < 4.78 is 44.9. The lowest BCUT2D eigenvalue weighted by molar-refractivity contribution is -0.135. The molecular weight excluding hydrogens is 485 g/mol. The number of fused-ring (bicyclic) bond motifs is 1. The quantitative estimate of drug-likeness (QED) is 0.456. The number of anilines is 1. The summed E-state index contributed by atoms with van der Waals surface area (Å²) in [6.07, 6.45) is -2.00. The monoisotopic (exact) mass is 506 g/mol. The van der Waals surface area contributed by atoms with Crippen molar-refractivity contribution in [3.8, 4) is 11.3 Å². The minimum Gasteiger partial charge on any atom is -0.347 e. The van der Waals surface area contributed by atoms with Crippen LogP contribution in [0, 0.1) is 6.92 Å². The first kappa shape index (κ1) is 24.5. The van der Waals surface area contributed by atoms with E-state index in [1.54, 1.807) is 53.1 Å². The summed E-state index contributed by atoms with van der Waals surface area (Å²) in [5.41, 5.74) is 2.44. The van der Waals surface area contributed by atoms with Crippen LogP contribution in [-0.4, -0.2) is 38.3 Å². The number of rotatable bonds is 8. The smallest absolute Gasteiger partial charge is 0.347 e. The molecule has 1 aromatic carbocycles. The van der Waals surface area contributed by atoms with Crippen molar-refractivity contribution < 1.29 is 22.5 Å². The van der Waals surface area contributed by atoms with Crippen LogP contribution in [0.25, 0.3) is 17.0 Å². The van der Waals surface area contributed by atoms with Gasteiger partial charge in [-0.2, -0.15) is 18.2 Å². The molecule has 8 nitrogen and oxygen atoms in total. The van der Waals surface area contributed by atoms with Crippen LogP contribution in [0.4, 0.5) is 19.1 Å². The van der Waals surface area contributed by atoms with Crippen LogP contribution in [0.3, 0.4) is 0 Å². The fraction of sp³-hybridized carbons (Fsp3) is 0.304. The van der Waals surface area contributed by atoms with E-state index in [2.05, 4.69) is 27.0 Å². The fourth-order valence-electron chi connectivity index (χ4n) is 3.59. The first-order valence-corrected chi connectivity index (χ1v) is 11.1. The first-order valence-electron chi connectivity index (χ1n) is 10.7. The summed E-state index contributed by atoms with van der Waals surface area (Å²) in [5, 5.41) is 6.94. The van der Waals surface area contributed by atoms with Crippen molar-refractivity contribution >= 4 is 29.2 Å². The largest absolute Gasteiger partial charge is 0.389 e. The maximum atomic E-state index is 12.8. The molecule has 0 radical (unpaired) electrons. The number of hydrogen-bond donors (Lipinski definition) is 1. The van der Waals surface area contributed by atoms with Gasteiger partial charge in [-0.3, -0.25) is 9.36 Å². The lowest BCUT2D eigenvalue weighted by Gasteiger charge is -2.28. The molecule has 1 amide bonds. The number of aryl methyl sites for hydroxylation is 1. The van der Waals surface area contributed by atoms with Crippen molar-refractivity contribution in [2.75, 3.05) is 11.4 Å². The highest BCUT2D eigenvalue weighted by molar-refractivity contribution is 6.30. The van der Waals surface area contributed by atoms with Gasteiger partial charge in [-0.1, -0.05) is 35.5 Å². The van der Waals surface area contributed by atoms with Crippen molar-refractivity contribution in [1.29, 1.82) is 0 Å². The van der Waals surface area contributed by atoms with E-state index in [0.717, 1.165) is 5.56 Å². The Bertz CT molecular complexity index is 1260. The van der Waals surface area contributed by atoms with E-state index in [1.807, 2.05) is 0 Å². The van der Waals surface area contributed by atoms with E-state index < -0.39 is 12.6 Å². The summed E-state index contributed by atoms with van der Waals surface area (Å²) in [4.78, 5) is 22.8. The maximum absolute atomic E-state index is 12.8. The Morgan fingerprint density at radius 1 is 1.23 bits per heavy atom. The van der Waals surface area contributed by atoms with Crippen molar-refractivity contribution in [2.45, 2.75) is 38.9 Å². The highest BCUT2D eigenvalue weighted by atomic mass is 35.5. The SMILES string of the molecule is C=C1C(CC(=O)NCc2nc(C)no2)=CN(CCCC(F)(F)F)c2nc(-c3ccc(Cl)cc3)cn21. The third-order valence-corrected chi connectivity index (χ3v) is 5.53. The summed E-state index contributed by atoms with van der Waals surface area (Å²) in [6.45, 7) is 5.89. The molecule has 0 unspecified atom stereocenters. The maximum Gasteiger partial charge on any atom is 0.389 e. The van der Waals surface area contributed by atoms with Crippen LogP contribution in [-0.2, 0) is 11.3 Å². The Morgan fingerprint density at radius 3 is 2.63 bits per heavy atom. The summed E-state index contributed by atoms with van der Waals surface area (Å²) in [6, 6.07) is 7.05. The number of allylic oxidation sites excluding steroid dienone is 1. The molecule has 0 saturated heterocycles. The minimum atomic E-state index is -4.26. The molecule has 0 saturated carbocycles. The first-order chi connectivity index (χ1) is 16.6. The van der Waals surface area contributed by atoms with E-state index >= 15 is 0 Å². The van der Waals surface area contributed by atoms with E-state index in [1.165, 1.54) is 0 Å². The lowest BCUT2D eigenvalue weighted by atomic mass is 10.1. The van der Waals surface area contributed by atoms with Crippen molar-refractivity contribution in [1.82, 2.24) is 25.0 Å². The molecule has 3 aromatic rings. The zero-order valence-electron chi connectivity index (χ0n) is 18.8. The highest BCUT2D eigenvalue weighted by Gasteiger charge is 2.29. The highest BCUT2D eigenvalue weighted by Crippen LogP contribution is 2.34. The minimum absolute atomic E-state index is 0.0460. The molecule has 184 valence electrons. The normalized spacial score (nSPS) is 13.6. The van der Waals surface area contributed by atoms with Crippen LogP contribution >= 0.6 is 11.6 Å². The number of carbonyl (C=O) groups is 1. The van der Waals surface area contributed by atoms with Gasteiger partial charge in [0.25, 0.3) is 0 Å². The molecule has 2 aromatic heterocycles. The molecule has 0 fully saturated rings. The Hall–Kier alpha value is -3.60. The molecule has 0 spiro atoms. The average molecular weight is 507 g/mol. The second-order valence-corrected chi connectivity index (χ2v) is 8.44. The summed E-state index contributed by atoms with van der Waals surface area (Å²) in [7, 11) is 0. The Balaban J connectivity index is 1.54. The number of halogens is 4. The number of amides is 1. The number of hydrogen-bond acceptors (Lipinski definition) is 6. The molecule has 1 N–H and O–H groups in total. The van der Waals surface area contributed by atoms with Gasteiger partial charge in [-0.25, -0.2) is 4.98 Å². The van der Waals surface area contributed by atoms with Crippen molar-refractivity contribution in [3.63, 3.8) is 0 Å². The van der Waals surface area contributed by atoms with E-state index in [9.17, 15) is 18.0 Å². The molecule has 0 aliphatic carbocycles. The lowest BCUT2D eigenvalue weighted by Crippen LogP contribution is -2.29. The number of carbonyl (C=O) groups excluding carboxylic acids is 1. The molecule has 1 aliphatic heterocycles. The van der Waals surface area contributed by atoms with Gasteiger partial charge in [0.1, 0.15) is 0 Å². The molecule has 1 aliphatic rings. The zero-order chi connectivity index (χ0) is 25.2. The van der Waals surface area contributed by atoms with Gasteiger partial charge in [0, 0.05) is 47.2 Å². The zero-order valence-corrected chi connectivity index (χ0v) is 19.5. The van der Waals surface area contributed by atoms with Gasteiger partial charge in [0.05, 0.1) is 18.7 Å². The van der Waals surface area contributed by atoms with Crippen LogP contribution in [0.2, 0.25) is 5.02 Å². The van der Waals surface area contributed by atoms with Gasteiger partial charge in [0.2, 0.25) is 17.7 Å². The number of nitrogens with one attached hydrogen (secondary N) is 1. The predicted molar refractivity (Wildman–Crippen MR) is 124 cm³/mol. The van der Waals surface area contributed by atoms with Crippen LogP contribution < -0.4 is 10.2 Å². The van der Waals surface area contributed by atoms with Crippen LogP contribution in [0.1, 0.15) is 31.0 Å². The number of aromatic nitrogens is 4. The molecular formula is C23H22ClF3N6O2. The van der Waals surface area contributed by atoms with Gasteiger partial charge < -0.3 is 14.7 Å². The van der Waals surface area contributed by atoms with Crippen molar-refractivity contribution in [3.05, 3.63) is 65.6 Å². The number of nitrogens with zero attached hydrogens (tertiary/aromatic N) is 5. The standard InChI is InChI=1S/C23H22ClF3N6O2/c1-14-17(10-20(34)28-11-21-29-15(2)31-35-21)12-32(9-3-8-23(25,26)27)22-30-19(13-33(14)22)16-4-6-18(24)7-5-16/h4-7,12-13H,1,3,8-11H2,2H3,(H,28,34). The molecule has 12 heteroatoms. The number of imidazole rings is 1. The van der Waals surface area contributed by atoms with E-state index in [-0.39, 0.29) is 37.7 Å². The van der Waals surface area contributed by atoms with Gasteiger partial charge in [0.15, 0.2) is 5.82 Å². The second-order valence-electron chi connectivity index (χ2n) is 8.01. The Morgan fingerprint density at radius 2 is 1.97 bits per heavy atom. The molecule has 0 bridgehead atoms. The van der Waals surface area contributed by atoms with Crippen LogP contribution in [0.15, 0.2) is 53.3 Å². The topological polar surface area (TPSA) is 89.1 Å². The third-order valence-electron chi connectivity index (χ3n) is 5.27. The Kier molecular flexibility index (Phi) is 6.97. The van der Waals surface area contributed by atoms with E-state index in [4.69, 9.17) is 16.1 Å². The molecule has 0 atom stereocenters. The number of benzene rings is 1. The van der Waals surface area contributed by atoms with Gasteiger partial charge in [-0.05, 0) is 25.5 Å². The number of alkyl halides is 3. The van der Waals surface area contributed by atoms with E-state index in [0.29, 0.717) is 33.8 Å². The average Bonchev–Trinajstić information content (AvgIpc) is 3.42. The van der Waals surface area contributed by atoms with Crippen LogP contribution in [0.5, 0.6) is 0 Å². The molecule has 3 heterocycles. The summed E-state index contributed by atoms with van der Waals surface area (Å²) >= 11 is 5.97.